The van der Waals surface area contributed by atoms with Crippen LogP contribution in [0.5, 0.6) is 5.75 Å². The normalized spacial score (nSPS) is 21.3. The van der Waals surface area contributed by atoms with Crippen molar-refractivity contribution in [1.82, 2.24) is 20.2 Å². The molecule has 136 valence electrons. The molecule has 1 N–H and O–H groups in total. The van der Waals surface area contributed by atoms with Gasteiger partial charge >= 0.3 is 0 Å². The minimum atomic E-state index is 0. The summed E-state index contributed by atoms with van der Waals surface area (Å²) in [6.07, 6.45) is 5.09. The standard InChI is InChI=1S/C20H23N5O.H2/c1-13-5-8-25(11-13)18-10-17(21-12-22-18)19-15-9-14(26-20(2)6-7-20)3-4-16(15)23-24-19;/h3-4,9-10,12-13H,5-8,11H2,1-2H3,(H,23,24);1H/t13-;/m0./s1. The fraction of sp³-hybridized carbons (Fsp3) is 0.450. The average molecular weight is 351 g/mol. The Labute approximate surface area is 154 Å². The van der Waals surface area contributed by atoms with Gasteiger partial charge in [-0.05, 0) is 50.3 Å². The van der Waals surface area contributed by atoms with Crippen molar-refractivity contribution in [2.24, 2.45) is 5.92 Å². The van der Waals surface area contributed by atoms with Crippen molar-refractivity contribution in [2.45, 2.75) is 38.7 Å². The highest BCUT2D eigenvalue weighted by Crippen LogP contribution is 2.40. The summed E-state index contributed by atoms with van der Waals surface area (Å²) < 4.78 is 6.12. The molecule has 1 saturated carbocycles. The lowest BCUT2D eigenvalue weighted by Gasteiger charge is -2.16. The Bertz CT molecular complexity index is 968. The van der Waals surface area contributed by atoms with Crippen molar-refractivity contribution in [3.63, 3.8) is 0 Å². The van der Waals surface area contributed by atoms with Crippen molar-refractivity contribution >= 4 is 16.7 Å². The molecule has 0 unspecified atom stereocenters. The molecule has 1 aliphatic heterocycles. The van der Waals surface area contributed by atoms with Crippen LogP contribution in [0, 0.1) is 5.92 Å². The molecule has 1 aromatic carbocycles. The smallest absolute Gasteiger partial charge is 0.132 e. The van der Waals surface area contributed by atoms with Gasteiger partial charge < -0.3 is 9.64 Å². The highest BCUT2D eigenvalue weighted by molar-refractivity contribution is 5.93. The van der Waals surface area contributed by atoms with Gasteiger partial charge in [-0.3, -0.25) is 5.10 Å². The Morgan fingerprint density at radius 1 is 1.27 bits per heavy atom. The third kappa shape index (κ3) is 2.79. The minimum Gasteiger partial charge on any atom is -0.488 e. The van der Waals surface area contributed by atoms with Gasteiger partial charge in [-0.1, -0.05) is 6.92 Å². The number of aromatic amines is 1. The van der Waals surface area contributed by atoms with Gasteiger partial charge in [0, 0.05) is 26.0 Å². The van der Waals surface area contributed by atoms with Gasteiger partial charge in [0.2, 0.25) is 0 Å². The van der Waals surface area contributed by atoms with Crippen LogP contribution in [0.3, 0.4) is 0 Å². The van der Waals surface area contributed by atoms with Crippen LogP contribution in [0.4, 0.5) is 5.82 Å². The Kier molecular flexibility index (Phi) is 3.42. The first kappa shape index (κ1) is 15.6. The van der Waals surface area contributed by atoms with E-state index in [1.54, 1.807) is 6.33 Å². The summed E-state index contributed by atoms with van der Waals surface area (Å²) in [5.41, 5.74) is 2.69. The first-order valence-corrected chi connectivity index (χ1v) is 9.34. The van der Waals surface area contributed by atoms with Gasteiger partial charge in [0.25, 0.3) is 0 Å². The second-order valence-electron chi connectivity index (χ2n) is 7.93. The number of hydrogen-bond donors (Lipinski definition) is 1. The van der Waals surface area contributed by atoms with E-state index in [2.05, 4.69) is 45.0 Å². The SMILES string of the molecule is C[C@H]1CCN(c2cc(-c3n[nH]c4ccc(OC5(C)CC5)cc34)ncn2)C1.[HH]. The number of rotatable bonds is 4. The maximum absolute atomic E-state index is 6.12. The van der Waals surface area contributed by atoms with Crippen molar-refractivity contribution < 1.29 is 6.16 Å². The van der Waals surface area contributed by atoms with Crippen molar-refractivity contribution in [3.8, 4) is 17.1 Å². The van der Waals surface area contributed by atoms with E-state index in [9.17, 15) is 0 Å². The topological polar surface area (TPSA) is 66.9 Å². The van der Waals surface area contributed by atoms with E-state index in [-0.39, 0.29) is 7.03 Å². The first-order chi connectivity index (χ1) is 12.6. The summed E-state index contributed by atoms with van der Waals surface area (Å²) >= 11 is 0. The number of hydrogen-bond acceptors (Lipinski definition) is 5. The van der Waals surface area contributed by atoms with Crippen LogP contribution in [0.15, 0.2) is 30.6 Å². The quantitative estimate of drug-likeness (QED) is 0.768. The molecular weight excluding hydrogens is 326 g/mol. The molecule has 26 heavy (non-hydrogen) atoms. The van der Waals surface area contributed by atoms with Crippen LogP contribution < -0.4 is 9.64 Å². The molecule has 2 aliphatic rings. The molecule has 2 aromatic heterocycles. The lowest BCUT2D eigenvalue weighted by molar-refractivity contribution is 0.200. The highest BCUT2D eigenvalue weighted by Gasteiger charge is 2.40. The molecule has 3 heterocycles. The molecule has 0 radical (unpaired) electrons. The van der Waals surface area contributed by atoms with Crippen LogP contribution in [-0.4, -0.2) is 38.9 Å². The molecule has 1 aliphatic carbocycles. The van der Waals surface area contributed by atoms with Crippen LogP contribution in [0.2, 0.25) is 0 Å². The van der Waals surface area contributed by atoms with Gasteiger partial charge in [0.05, 0.1) is 11.2 Å². The van der Waals surface area contributed by atoms with E-state index in [0.29, 0.717) is 5.92 Å². The number of benzene rings is 1. The lowest BCUT2D eigenvalue weighted by Crippen LogP contribution is -2.20. The van der Waals surface area contributed by atoms with Crippen LogP contribution in [0.1, 0.15) is 34.5 Å². The molecular formula is C20H25N5O. The Balaban J connectivity index is 0.00000180. The van der Waals surface area contributed by atoms with E-state index in [0.717, 1.165) is 59.8 Å². The number of ether oxygens (including phenoxy) is 1. The number of fused-ring (bicyclic) bond motifs is 1. The highest BCUT2D eigenvalue weighted by atomic mass is 16.5. The zero-order valence-corrected chi connectivity index (χ0v) is 15.2. The Hall–Kier alpha value is -2.63. The minimum absolute atomic E-state index is 0. The van der Waals surface area contributed by atoms with Gasteiger partial charge in [0.15, 0.2) is 0 Å². The molecule has 0 bridgehead atoms. The van der Waals surface area contributed by atoms with Crippen molar-refractivity contribution in [1.29, 1.82) is 0 Å². The summed E-state index contributed by atoms with van der Waals surface area (Å²) in [5.74, 6) is 2.58. The van der Waals surface area contributed by atoms with E-state index < -0.39 is 0 Å². The third-order valence-electron chi connectivity index (χ3n) is 5.50. The van der Waals surface area contributed by atoms with Gasteiger partial charge in [0.1, 0.15) is 29.2 Å². The average Bonchev–Trinajstić information content (AvgIpc) is 3.05. The maximum atomic E-state index is 6.12. The first-order valence-electron chi connectivity index (χ1n) is 9.34. The molecule has 6 nitrogen and oxygen atoms in total. The summed E-state index contributed by atoms with van der Waals surface area (Å²) in [4.78, 5) is 11.3. The van der Waals surface area contributed by atoms with Crippen molar-refractivity contribution in [3.05, 3.63) is 30.6 Å². The van der Waals surface area contributed by atoms with Crippen LogP contribution >= 0.6 is 0 Å². The zero-order chi connectivity index (χ0) is 17.7. The predicted octanol–water partition coefficient (Wildman–Crippen LogP) is 4.04. The monoisotopic (exact) mass is 351 g/mol. The number of nitrogens with zero attached hydrogens (tertiary/aromatic N) is 4. The Morgan fingerprint density at radius 2 is 2.15 bits per heavy atom. The van der Waals surface area contributed by atoms with Crippen molar-refractivity contribution in [2.75, 3.05) is 18.0 Å². The van der Waals surface area contributed by atoms with Crippen LogP contribution in [-0.2, 0) is 0 Å². The summed E-state index contributed by atoms with van der Waals surface area (Å²) in [7, 11) is 0. The van der Waals surface area contributed by atoms with E-state index in [4.69, 9.17) is 4.74 Å². The molecule has 3 aromatic rings. The lowest BCUT2D eigenvalue weighted by atomic mass is 10.1. The largest absolute Gasteiger partial charge is 0.488 e. The number of H-pyrrole nitrogens is 1. The van der Waals surface area contributed by atoms with E-state index >= 15 is 0 Å². The molecule has 0 spiro atoms. The van der Waals surface area contributed by atoms with Gasteiger partial charge in [-0.25, -0.2) is 9.97 Å². The second-order valence-corrected chi connectivity index (χ2v) is 7.93. The number of anilines is 1. The summed E-state index contributed by atoms with van der Waals surface area (Å²) in [6, 6.07) is 8.14. The van der Waals surface area contributed by atoms with Crippen LogP contribution in [0.25, 0.3) is 22.3 Å². The third-order valence-corrected chi connectivity index (χ3v) is 5.50. The fourth-order valence-electron chi connectivity index (χ4n) is 3.61. The summed E-state index contributed by atoms with van der Waals surface area (Å²) in [6.45, 7) is 6.54. The Morgan fingerprint density at radius 3 is 2.92 bits per heavy atom. The van der Waals surface area contributed by atoms with Gasteiger partial charge in [-0.15, -0.1) is 0 Å². The number of nitrogens with one attached hydrogen (secondary N) is 1. The molecule has 1 saturated heterocycles. The van der Waals surface area contributed by atoms with Gasteiger partial charge in [-0.2, -0.15) is 5.10 Å². The maximum Gasteiger partial charge on any atom is 0.132 e. The molecule has 0 amide bonds. The second kappa shape index (κ2) is 5.69. The molecule has 6 heteroatoms. The summed E-state index contributed by atoms with van der Waals surface area (Å²) in [5, 5.41) is 8.65. The molecule has 2 fully saturated rings. The predicted molar refractivity (Wildman–Crippen MR) is 103 cm³/mol. The number of aromatic nitrogens is 4. The van der Waals surface area contributed by atoms with E-state index in [1.807, 2.05) is 18.2 Å². The van der Waals surface area contributed by atoms with E-state index in [1.165, 1.54) is 6.42 Å². The molecule has 5 rings (SSSR count). The fourth-order valence-corrected chi connectivity index (χ4v) is 3.61. The zero-order valence-electron chi connectivity index (χ0n) is 15.2. The molecule has 1 atom stereocenters.